The molecule has 0 atom stereocenters. The Hall–Kier alpha value is -1.22. The Balaban J connectivity index is 2.35. The summed E-state index contributed by atoms with van der Waals surface area (Å²) >= 11 is 0. The maximum Gasteiger partial charge on any atom is 0.257 e. The van der Waals surface area contributed by atoms with Crippen LogP contribution in [0.15, 0.2) is 42.9 Å². The summed E-state index contributed by atoms with van der Waals surface area (Å²) in [5.74, 6) is 0.429. The predicted octanol–water partition coefficient (Wildman–Crippen LogP) is 3.53. The second-order valence-electron chi connectivity index (χ2n) is 4.36. The molecule has 0 amide bonds. The molecule has 0 fully saturated rings. The van der Waals surface area contributed by atoms with Gasteiger partial charge < -0.3 is 9.16 Å². The van der Waals surface area contributed by atoms with Gasteiger partial charge in [-0.25, -0.2) is 0 Å². The van der Waals surface area contributed by atoms with Crippen molar-refractivity contribution >= 4 is 8.32 Å². The van der Waals surface area contributed by atoms with Crippen LogP contribution in [0.25, 0.3) is 0 Å². The minimum Gasteiger partial charge on any atom is -0.520 e. The fourth-order valence-electron chi connectivity index (χ4n) is 1.11. The maximum atomic E-state index is 5.58. The topological polar surface area (TPSA) is 18.5 Å². The van der Waals surface area contributed by atoms with Crippen LogP contribution in [0.5, 0.6) is 0 Å². The minimum absolute atomic E-state index is 0.429. The quantitative estimate of drug-likeness (QED) is 0.560. The highest BCUT2D eigenvalue weighted by Crippen LogP contribution is 2.11. The molecular weight excluding hydrogens is 204 g/mol. The van der Waals surface area contributed by atoms with Gasteiger partial charge in [0.2, 0.25) is 8.32 Å². The molecule has 1 rings (SSSR count). The van der Waals surface area contributed by atoms with Gasteiger partial charge in [-0.3, -0.25) is 0 Å². The average molecular weight is 222 g/mol. The molecular formula is C12H18O2Si. The molecule has 0 aliphatic heterocycles. The summed E-state index contributed by atoms with van der Waals surface area (Å²) in [7, 11) is -1.58. The molecule has 0 bridgehead atoms. The van der Waals surface area contributed by atoms with Crippen molar-refractivity contribution in [3.05, 3.63) is 48.4 Å². The van der Waals surface area contributed by atoms with Gasteiger partial charge in [-0.05, 0) is 31.8 Å². The molecule has 0 unspecified atom stereocenters. The third-order valence-electron chi connectivity index (χ3n) is 1.66. The number of rotatable bonds is 5. The van der Waals surface area contributed by atoms with E-state index < -0.39 is 8.32 Å². The lowest BCUT2D eigenvalue weighted by atomic mass is 10.2. The first-order valence-electron chi connectivity index (χ1n) is 5.02. The number of ether oxygens (including phenoxy) is 1. The monoisotopic (exact) mass is 222 g/mol. The second kappa shape index (κ2) is 5.03. The standard InChI is InChI=1S/C12H18O2Si/c1-11(14-15(2,3)4)13-10-12-8-6-5-7-9-12/h5-9H,1,10H2,2-4H3. The highest BCUT2D eigenvalue weighted by atomic mass is 28.4. The predicted molar refractivity (Wildman–Crippen MR) is 64.8 cm³/mol. The van der Waals surface area contributed by atoms with Gasteiger partial charge in [0.05, 0.1) is 0 Å². The number of hydrogen-bond donors (Lipinski definition) is 0. The van der Waals surface area contributed by atoms with Gasteiger partial charge in [-0.2, -0.15) is 0 Å². The van der Waals surface area contributed by atoms with Crippen molar-refractivity contribution < 1.29 is 9.16 Å². The molecule has 1 aromatic carbocycles. The molecule has 15 heavy (non-hydrogen) atoms. The van der Waals surface area contributed by atoms with Crippen LogP contribution >= 0.6 is 0 Å². The van der Waals surface area contributed by atoms with Crippen molar-refractivity contribution in [1.82, 2.24) is 0 Å². The third-order valence-corrected chi connectivity index (χ3v) is 2.50. The van der Waals surface area contributed by atoms with Gasteiger partial charge >= 0.3 is 0 Å². The largest absolute Gasteiger partial charge is 0.520 e. The van der Waals surface area contributed by atoms with Crippen LogP contribution in [-0.4, -0.2) is 8.32 Å². The highest BCUT2D eigenvalue weighted by molar-refractivity contribution is 6.69. The molecule has 0 saturated heterocycles. The number of benzene rings is 1. The lowest BCUT2D eigenvalue weighted by Crippen LogP contribution is -2.25. The van der Waals surface area contributed by atoms with Crippen LogP contribution < -0.4 is 0 Å². The van der Waals surface area contributed by atoms with Crippen molar-refractivity contribution in [2.45, 2.75) is 26.2 Å². The van der Waals surface area contributed by atoms with Crippen LogP contribution in [0.3, 0.4) is 0 Å². The Morgan fingerprint density at radius 3 is 2.33 bits per heavy atom. The number of hydrogen-bond acceptors (Lipinski definition) is 2. The highest BCUT2D eigenvalue weighted by Gasteiger charge is 2.17. The summed E-state index contributed by atoms with van der Waals surface area (Å²) in [5, 5.41) is 0. The van der Waals surface area contributed by atoms with Gasteiger partial charge in [0.1, 0.15) is 6.61 Å². The molecule has 1 aromatic rings. The zero-order chi connectivity index (χ0) is 11.3. The minimum atomic E-state index is -1.58. The van der Waals surface area contributed by atoms with Gasteiger partial charge in [-0.15, -0.1) is 0 Å². The van der Waals surface area contributed by atoms with E-state index in [1.165, 1.54) is 0 Å². The Morgan fingerprint density at radius 1 is 1.20 bits per heavy atom. The Morgan fingerprint density at radius 2 is 1.80 bits per heavy atom. The van der Waals surface area contributed by atoms with Gasteiger partial charge in [0.25, 0.3) is 5.95 Å². The van der Waals surface area contributed by atoms with Crippen molar-refractivity contribution in [2.75, 3.05) is 0 Å². The maximum absolute atomic E-state index is 5.58. The fourth-order valence-corrected chi connectivity index (χ4v) is 1.85. The molecule has 3 heteroatoms. The smallest absolute Gasteiger partial charge is 0.257 e. The molecule has 0 aromatic heterocycles. The SMILES string of the molecule is C=C(OCc1ccccc1)O[Si](C)(C)C. The van der Waals surface area contributed by atoms with E-state index in [1.54, 1.807) is 0 Å². The van der Waals surface area contributed by atoms with E-state index in [1.807, 2.05) is 30.3 Å². The van der Waals surface area contributed by atoms with Crippen molar-refractivity contribution in [1.29, 1.82) is 0 Å². The van der Waals surface area contributed by atoms with Crippen molar-refractivity contribution in [3.63, 3.8) is 0 Å². The first-order valence-corrected chi connectivity index (χ1v) is 8.43. The molecule has 0 N–H and O–H groups in total. The summed E-state index contributed by atoms with van der Waals surface area (Å²) in [4.78, 5) is 0. The molecule has 82 valence electrons. The normalized spacial score (nSPS) is 10.9. The van der Waals surface area contributed by atoms with E-state index in [4.69, 9.17) is 9.16 Å². The average Bonchev–Trinajstić information content (AvgIpc) is 2.14. The second-order valence-corrected chi connectivity index (χ2v) is 8.79. The Bertz CT molecular complexity index is 314. The first-order chi connectivity index (χ1) is 6.97. The van der Waals surface area contributed by atoms with E-state index in [-0.39, 0.29) is 0 Å². The molecule has 0 radical (unpaired) electrons. The lowest BCUT2D eigenvalue weighted by molar-refractivity contribution is 0.0940. The van der Waals surface area contributed by atoms with Crippen molar-refractivity contribution in [2.24, 2.45) is 0 Å². The lowest BCUT2D eigenvalue weighted by Gasteiger charge is -2.20. The summed E-state index contributed by atoms with van der Waals surface area (Å²) in [6.45, 7) is 10.6. The Labute approximate surface area is 92.7 Å². The van der Waals surface area contributed by atoms with Crippen molar-refractivity contribution in [3.8, 4) is 0 Å². The van der Waals surface area contributed by atoms with Gasteiger partial charge in [-0.1, -0.05) is 30.3 Å². The van der Waals surface area contributed by atoms with E-state index in [9.17, 15) is 0 Å². The third kappa shape index (κ3) is 5.27. The Kier molecular flexibility index (Phi) is 3.97. The van der Waals surface area contributed by atoms with E-state index in [0.717, 1.165) is 5.56 Å². The van der Waals surface area contributed by atoms with Gasteiger partial charge in [0.15, 0.2) is 0 Å². The molecule has 2 nitrogen and oxygen atoms in total. The van der Waals surface area contributed by atoms with Gasteiger partial charge in [0, 0.05) is 0 Å². The van der Waals surface area contributed by atoms with E-state index >= 15 is 0 Å². The van der Waals surface area contributed by atoms with Crippen LogP contribution in [0.4, 0.5) is 0 Å². The van der Waals surface area contributed by atoms with E-state index in [2.05, 4.69) is 26.2 Å². The summed E-state index contributed by atoms with van der Waals surface area (Å²) in [6, 6.07) is 9.99. The molecule has 0 spiro atoms. The first kappa shape index (κ1) is 11.8. The zero-order valence-corrected chi connectivity index (χ0v) is 10.6. The van der Waals surface area contributed by atoms with Crippen LogP contribution in [-0.2, 0) is 15.8 Å². The zero-order valence-electron chi connectivity index (χ0n) is 9.62. The molecule has 0 heterocycles. The molecule has 0 aliphatic rings. The fraction of sp³-hybridized carbons (Fsp3) is 0.333. The van der Waals surface area contributed by atoms with E-state index in [0.29, 0.717) is 12.6 Å². The van der Waals surface area contributed by atoms with Crippen LogP contribution in [0.2, 0.25) is 19.6 Å². The summed E-state index contributed by atoms with van der Waals surface area (Å²) in [5.41, 5.74) is 1.12. The summed E-state index contributed by atoms with van der Waals surface area (Å²) in [6.07, 6.45) is 0. The molecule has 0 aliphatic carbocycles. The van der Waals surface area contributed by atoms with Crippen LogP contribution in [0, 0.1) is 0 Å². The molecule has 0 saturated carbocycles. The van der Waals surface area contributed by atoms with Crippen LogP contribution in [0.1, 0.15) is 5.56 Å². The summed E-state index contributed by atoms with van der Waals surface area (Å²) < 4.78 is 11.0.